The number of hydrogen-bond acceptors (Lipinski definition) is 2. The van der Waals surface area contributed by atoms with Crippen LogP contribution in [0.25, 0.3) is 0 Å². The van der Waals surface area contributed by atoms with Gasteiger partial charge in [0.2, 0.25) is 5.91 Å². The number of primary amides is 1. The van der Waals surface area contributed by atoms with Crippen molar-refractivity contribution in [1.29, 1.82) is 0 Å². The lowest BCUT2D eigenvalue weighted by atomic mass is 9.71. The number of amides is 1. The molecule has 27 heavy (non-hydrogen) atoms. The zero-order valence-electron chi connectivity index (χ0n) is 16.7. The van der Waals surface area contributed by atoms with Crippen LogP contribution in [0, 0.1) is 19.7 Å². The normalized spacial score (nSPS) is 17.3. The Morgan fingerprint density at radius 1 is 1.15 bits per heavy atom. The predicted molar refractivity (Wildman–Crippen MR) is 108 cm³/mol. The van der Waals surface area contributed by atoms with Gasteiger partial charge in [0.1, 0.15) is 5.82 Å². The number of carbonyl (C=O) groups excluding carboxylic acids is 1. The molecule has 1 amide bonds. The largest absolute Gasteiger partial charge is 0.366 e. The van der Waals surface area contributed by atoms with Gasteiger partial charge in [-0.3, -0.25) is 4.79 Å². The Labute approximate surface area is 161 Å². The smallest absolute Gasteiger partial charge is 0.249 e. The van der Waals surface area contributed by atoms with Crippen LogP contribution in [0.1, 0.15) is 64.2 Å². The molecule has 3 nitrogen and oxygen atoms in total. The lowest BCUT2D eigenvalue weighted by Gasteiger charge is -2.44. The van der Waals surface area contributed by atoms with Gasteiger partial charge in [-0.1, -0.05) is 43.2 Å². The van der Waals surface area contributed by atoms with Crippen LogP contribution in [-0.2, 0) is 0 Å². The van der Waals surface area contributed by atoms with E-state index in [-0.39, 0.29) is 17.3 Å². The molecule has 2 N–H and O–H groups in total. The second kappa shape index (κ2) is 7.43. The summed E-state index contributed by atoms with van der Waals surface area (Å²) < 4.78 is 15.4. The minimum atomic E-state index is -0.497. The number of nitrogens with zero attached hydrogens (tertiary/aromatic N) is 1. The van der Waals surface area contributed by atoms with Gasteiger partial charge in [0.05, 0.1) is 0 Å². The summed E-state index contributed by atoms with van der Waals surface area (Å²) in [6.07, 6.45) is 4.24. The number of nitrogens with two attached hydrogens (primary N) is 1. The van der Waals surface area contributed by atoms with Gasteiger partial charge in [-0.25, -0.2) is 4.39 Å². The van der Waals surface area contributed by atoms with E-state index in [1.54, 1.807) is 6.92 Å². The molecular formula is C23H29FN2O. The van der Waals surface area contributed by atoms with Crippen LogP contribution in [0.4, 0.5) is 4.39 Å². The first-order chi connectivity index (χ1) is 12.8. The molecule has 1 atom stereocenters. The number of hydrogen-bond donors (Lipinski definition) is 1. The predicted octanol–water partition coefficient (Wildman–Crippen LogP) is 4.55. The van der Waals surface area contributed by atoms with E-state index in [9.17, 15) is 4.79 Å². The standard InChI is InChI=1S/C23H29FN2O/c1-15-14-18(24)20(16(2)19(15)22(25)27)21(17-10-6-5-7-11-17)23(26(3)4)12-8-9-13-23/h5-7,10-11,14,21H,8-9,12-13H2,1-4H3,(H2,25,27). The van der Waals surface area contributed by atoms with Crippen LogP contribution in [0.3, 0.4) is 0 Å². The van der Waals surface area contributed by atoms with Gasteiger partial charge in [0, 0.05) is 22.6 Å². The second-order valence-electron chi connectivity index (χ2n) is 8.00. The number of rotatable bonds is 5. The number of halogens is 1. The van der Waals surface area contributed by atoms with Crippen LogP contribution >= 0.6 is 0 Å². The van der Waals surface area contributed by atoms with Crippen molar-refractivity contribution < 1.29 is 9.18 Å². The van der Waals surface area contributed by atoms with Gasteiger partial charge in [-0.15, -0.1) is 0 Å². The maximum Gasteiger partial charge on any atom is 0.249 e. The Morgan fingerprint density at radius 2 is 1.74 bits per heavy atom. The van der Waals surface area contributed by atoms with Gasteiger partial charge in [-0.05, 0) is 63.5 Å². The third-order valence-electron chi connectivity index (χ3n) is 6.34. The summed E-state index contributed by atoms with van der Waals surface area (Å²) in [6.45, 7) is 3.58. The molecule has 1 aliphatic carbocycles. The first-order valence-corrected chi connectivity index (χ1v) is 9.61. The SMILES string of the molecule is Cc1cc(F)c(C(c2ccccc2)C2(N(C)C)CCCC2)c(C)c1C(N)=O. The fraction of sp³-hybridized carbons (Fsp3) is 0.435. The average Bonchev–Trinajstić information content (AvgIpc) is 3.09. The number of likely N-dealkylation sites (N-methyl/N-ethyl adjacent to an activating group) is 1. The summed E-state index contributed by atoms with van der Waals surface area (Å²) in [5.74, 6) is -0.907. The Hall–Kier alpha value is -2.20. The highest BCUT2D eigenvalue weighted by atomic mass is 19.1. The van der Waals surface area contributed by atoms with Gasteiger partial charge in [-0.2, -0.15) is 0 Å². The molecule has 0 radical (unpaired) electrons. The summed E-state index contributed by atoms with van der Waals surface area (Å²) in [5, 5.41) is 0. The highest BCUT2D eigenvalue weighted by Gasteiger charge is 2.46. The van der Waals surface area contributed by atoms with Crippen molar-refractivity contribution in [2.45, 2.75) is 51.0 Å². The Kier molecular flexibility index (Phi) is 5.38. The molecule has 1 fully saturated rings. The van der Waals surface area contributed by atoms with Crippen molar-refractivity contribution in [2.24, 2.45) is 5.73 Å². The monoisotopic (exact) mass is 368 g/mol. The lowest BCUT2D eigenvalue weighted by Crippen LogP contribution is -2.48. The zero-order valence-corrected chi connectivity index (χ0v) is 16.7. The maximum atomic E-state index is 15.4. The molecular weight excluding hydrogens is 339 g/mol. The third-order valence-corrected chi connectivity index (χ3v) is 6.34. The van der Waals surface area contributed by atoms with Crippen LogP contribution in [-0.4, -0.2) is 30.4 Å². The van der Waals surface area contributed by atoms with Crippen LogP contribution in [0.15, 0.2) is 36.4 Å². The van der Waals surface area contributed by atoms with E-state index < -0.39 is 5.91 Å². The van der Waals surface area contributed by atoms with Crippen molar-refractivity contribution in [2.75, 3.05) is 14.1 Å². The van der Waals surface area contributed by atoms with Crippen molar-refractivity contribution in [3.8, 4) is 0 Å². The molecule has 3 rings (SSSR count). The highest BCUT2D eigenvalue weighted by Crippen LogP contribution is 2.49. The first-order valence-electron chi connectivity index (χ1n) is 9.61. The molecule has 0 heterocycles. The molecule has 1 saturated carbocycles. The van der Waals surface area contributed by atoms with Crippen molar-refractivity contribution in [3.05, 3.63) is 70.0 Å². The van der Waals surface area contributed by atoms with Gasteiger partial charge in [0.15, 0.2) is 0 Å². The number of aryl methyl sites for hydroxylation is 1. The second-order valence-corrected chi connectivity index (χ2v) is 8.00. The van der Waals surface area contributed by atoms with Crippen molar-refractivity contribution in [1.82, 2.24) is 4.90 Å². The van der Waals surface area contributed by atoms with Crippen molar-refractivity contribution in [3.63, 3.8) is 0 Å². The maximum absolute atomic E-state index is 15.4. The van der Waals surface area contributed by atoms with E-state index in [0.717, 1.165) is 31.2 Å². The van der Waals surface area contributed by atoms with E-state index in [1.165, 1.54) is 6.07 Å². The van der Waals surface area contributed by atoms with E-state index in [2.05, 4.69) is 31.1 Å². The molecule has 2 aromatic carbocycles. The van der Waals surface area contributed by atoms with Crippen LogP contribution in [0.2, 0.25) is 0 Å². The average molecular weight is 368 g/mol. The summed E-state index contributed by atoms with van der Waals surface area (Å²) >= 11 is 0. The topological polar surface area (TPSA) is 46.3 Å². The minimum absolute atomic E-state index is 0.158. The molecule has 0 spiro atoms. The van der Waals surface area contributed by atoms with Gasteiger partial charge < -0.3 is 10.6 Å². The third kappa shape index (κ3) is 3.27. The molecule has 0 aliphatic heterocycles. The summed E-state index contributed by atoms with van der Waals surface area (Å²) in [7, 11) is 4.16. The molecule has 144 valence electrons. The van der Waals surface area contributed by atoms with E-state index in [1.807, 2.05) is 25.1 Å². The fourth-order valence-electron chi connectivity index (χ4n) is 5.06. The highest BCUT2D eigenvalue weighted by molar-refractivity contribution is 5.96. The number of carbonyl (C=O) groups is 1. The summed E-state index contributed by atoms with van der Waals surface area (Å²) in [4.78, 5) is 14.3. The number of benzene rings is 2. The molecule has 1 unspecified atom stereocenters. The van der Waals surface area contributed by atoms with E-state index in [0.29, 0.717) is 22.3 Å². The van der Waals surface area contributed by atoms with E-state index in [4.69, 9.17) is 5.73 Å². The zero-order chi connectivity index (χ0) is 19.8. The quantitative estimate of drug-likeness (QED) is 0.842. The Bertz CT molecular complexity index is 839. The van der Waals surface area contributed by atoms with Gasteiger partial charge >= 0.3 is 0 Å². The molecule has 4 heteroatoms. The molecule has 0 aromatic heterocycles. The fourth-order valence-corrected chi connectivity index (χ4v) is 5.06. The summed E-state index contributed by atoms with van der Waals surface area (Å²) in [5.41, 5.74) is 8.86. The van der Waals surface area contributed by atoms with Gasteiger partial charge in [0.25, 0.3) is 0 Å². The minimum Gasteiger partial charge on any atom is -0.366 e. The first kappa shape index (κ1) is 19.6. The van der Waals surface area contributed by atoms with Crippen LogP contribution in [0.5, 0.6) is 0 Å². The van der Waals surface area contributed by atoms with Crippen molar-refractivity contribution >= 4 is 5.91 Å². The van der Waals surface area contributed by atoms with E-state index >= 15 is 4.39 Å². The molecule has 0 saturated heterocycles. The summed E-state index contributed by atoms with van der Waals surface area (Å²) in [6, 6.07) is 11.6. The lowest BCUT2D eigenvalue weighted by molar-refractivity contribution is 0.0998. The van der Waals surface area contributed by atoms with Crippen LogP contribution < -0.4 is 5.73 Å². The molecule has 0 bridgehead atoms. The molecule has 1 aliphatic rings. The Balaban J connectivity index is 2.33. The molecule has 2 aromatic rings. The Morgan fingerprint density at radius 3 is 2.26 bits per heavy atom.